The lowest BCUT2D eigenvalue weighted by atomic mass is 9.94. The first-order chi connectivity index (χ1) is 20.3. The summed E-state index contributed by atoms with van der Waals surface area (Å²) in [6.45, 7) is 1.45. The van der Waals surface area contributed by atoms with Crippen LogP contribution in [0.3, 0.4) is 0 Å². The first-order valence-electron chi connectivity index (χ1n) is 11.8. The zero-order chi connectivity index (χ0) is 31.1. The van der Waals surface area contributed by atoms with Gasteiger partial charge in [-0.25, -0.2) is 0 Å². The number of benzene rings is 3. The van der Waals surface area contributed by atoms with Gasteiger partial charge in [0.2, 0.25) is 11.8 Å². The van der Waals surface area contributed by atoms with Crippen molar-refractivity contribution in [3.8, 4) is 63.5 Å². The number of allylic oxidation sites excluding steroid dienone is 2. The van der Waals surface area contributed by atoms with Crippen molar-refractivity contribution in [2.75, 3.05) is 10.6 Å². The number of fused-ring (bicyclic) bond motifs is 2. The molecule has 0 aromatic heterocycles. The fourth-order valence-corrected chi connectivity index (χ4v) is 4.29. The van der Waals surface area contributed by atoms with Crippen molar-refractivity contribution < 1.29 is 45.3 Å². The summed E-state index contributed by atoms with van der Waals surface area (Å²) in [6.07, 6.45) is -9.87. The normalized spacial score (nSPS) is 14.4. The van der Waals surface area contributed by atoms with Gasteiger partial charge in [0, 0.05) is 0 Å². The second kappa shape index (κ2) is 10.4. The third-order valence-corrected chi connectivity index (χ3v) is 6.01. The minimum atomic E-state index is -4.94. The van der Waals surface area contributed by atoms with Crippen LogP contribution in [0.5, 0.6) is 23.0 Å². The van der Waals surface area contributed by atoms with E-state index in [2.05, 4.69) is 20.1 Å². The van der Waals surface area contributed by atoms with Gasteiger partial charge in [0.1, 0.15) is 23.6 Å². The number of ether oxygens (including phenoxy) is 4. The zero-order valence-electron chi connectivity index (χ0n) is 21.4. The zero-order valence-corrected chi connectivity index (χ0v) is 21.4. The van der Waals surface area contributed by atoms with E-state index in [-0.39, 0.29) is 62.5 Å². The van der Waals surface area contributed by atoms with E-state index in [1.165, 1.54) is 31.2 Å². The number of nitrogens with one attached hydrogen (secondary N) is 2. The number of hydrogen-bond acceptors (Lipinski definition) is 9. The molecule has 0 fully saturated rings. The van der Waals surface area contributed by atoms with Gasteiger partial charge in [0.05, 0.1) is 34.1 Å². The summed E-state index contributed by atoms with van der Waals surface area (Å²) < 4.78 is 96.3. The predicted octanol–water partition coefficient (Wildman–Crippen LogP) is 7.44. The van der Waals surface area contributed by atoms with E-state index in [1.54, 1.807) is 12.1 Å². The van der Waals surface area contributed by atoms with Gasteiger partial charge in [-0.1, -0.05) is 24.3 Å². The minimum Gasteiger partial charge on any atom is -0.437 e. The molecule has 43 heavy (non-hydrogen) atoms. The topological polar surface area (TPSA) is 132 Å². The Balaban J connectivity index is 1.76. The Morgan fingerprint density at radius 2 is 1.05 bits per heavy atom. The molecule has 15 heteroatoms. The summed E-state index contributed by atoms with van der Waals surface area (Å²) in [5.41, 5.74) is 0.890. The molecule has 0 spiro atoms. The predicted molar refractivity (Wildman–Crippen MR) is 136 cm³/mol. The van der Waals surface area contributed by atoms with Crippen LogP contribution in [-0.2, 0) is 0 Å². The maximum absolute atomic E-state index is 12.7. The number of rotatable bonds is 4. The minimum absolute atomic E-state index is 0.00109. The lowest BCUT2D eigenvalue weighted by Gasteiger charge is -2.17. The Morgan fingerprint density at radius 3 is 1.42 bits per heavy atom. The molecule has 0 saturated carbocycles. The summed E-state index contributed by atoms with van der Waals surface area (Å²) in [7, 11) is 0. The second-order valence-corrected chi connectivity index (χ2v) is 8.75. The maximum Gasteiger partial charge on any atom is 0.573 e. The number of alkyl halides is 6. The lowest BCUT2D eigenvalue weighted by Crippen LogP contribution is -2.17. The smallest absolute Gasteiger partial charge is 0.437 e. The molecule has 2 N–H and O–H groups in total. The lowest BCUT2D eigenvalue weighted by molar-refractivity contribution is -0.275. The molecule has 0 radical (unpaired) electrons. The number of anilines is 2. The van der Waals surface area contributed by atoms with Crippen LogP contribution in [0.25, 0.3) is 22.3 Å². The summed E-state index contributed by atoms with van der Waals surface area (Å²) in [5.74, 6) is -1.23. The van der Waals surface area contributed by atoms with E-state index >= 15 is 0 Å². The summed E-state index contributed by atoms with van der Waals surface area (Å²) in [5, 5.41) is 34.1. The molecule has 2 aliphatic heterocycles. The van der Waals surface area contributed by atoms with Gasteiger partial charge in [0.25, 0.3) is 0 Å². The highest BCUT2D eigenvalue weighted by Gasteiger charge is 2.38. The van der Waals surface area contributed by atoms with Crippen LogP contribution in [-0.4, -0.2) is 12.7 Å². The van der Waals surface area contributed by atoms with Gasteiger partial charge < -0.3 is 29.6 Å². The van der Waals surface area contributed by atoms with E-state index in [1.807, 2.05) is 6.07 Å². The van der Waals surface area contributed by atoms with Crippen molar-refractivity contribution in [2.24, 2.45) is 0 Å². The van der Waals surface area contributed by atoms with Gasteiger partial charge in [0.15, 0.2) is 17.1 Å². The molecule has 3 aromatic carbocycles. The van der Waals surface area contributed by atoms with Gasteiger partial charge in [-0.3, -0.25) is 0 Å². The van der Waals surface area contributed by atoms with Gasteiger partial charge >= 0.3 is 12.7 Å². The molecule has 2 aliphatic rings. The summed E-state index contributed by atoms with van der Waals surface area (Å²) >= 11 is 0. The van der Waals surface area contributed by atoms with Crippen molar-refractivity contribution in [3.63, 3.8) is 0 Å². The molecule has 0 bridgehead atoms. The van der Waals surface area contributed by atoms with Crippen molar-refractivity contribution in [1.29, 1.82) is 15.8 Å². The molecule has 5 rings (SSSR count). The fourth-order valence-electron chi connectivity index (χ4n) is 4.29. The molecular formula is C28H13F6N5O4. The van der Waals surface area contributed by atoms with Crippen LogP contribution >= 0.6 is 0 Å². The number of nitriles is 3. The largest absolute Gasteiger partial charge is 0.573 e. The standard InChI is InChI=1S/C28H13F6N5O4/c1-13(10-35)25-38-21-19(14-2-6-17(7-3-14)42-27(29,30)31)24-22(39-26(41-24)16(11-36)12-37)20(23(21)40-25)15-4-8-18(9-5-15)43-28(32,33)34/h2-9,38-39H,1H3/b25-13-. The molecule has 0 saturated heterocycles. The molecule has 216 valence electrons. The molecule has 0 amide bonds. The van der Waals surface area contributed by atoms with E-state index in [0.717, 1.165) is 24.3 Å². The second-order valence-electron chi connectivity index (χ2n) is 8.75. The highest BCUT2D eigenvalue weighted by atomic mass is 19.4. The number of halogens is 6. The van der Waals surface area contributed by atoms with Gasteiger partial charge in [-0.05, 0) is 42.3 Å². The fraction of sp³-hybridized carbons (Fsp3) is 0.107. The SMILES string of the molecule is C/C(C#N)=C1\Nc2c(c(-c3ccc(OC(F)(F)F)cc3)c3c(c2-c2ccc(OC(F)(F)F)cc2)OC(=C(C#N)C#N)N3)O1. The van der Waals surface area contributed by atoms with Crippen molar-refractivity contribution in [1.82, 2.24) is 0 Å². The average molecular weight is 597 g/mol. The first-order valence-corrected chi connectivity index (χ1v) is 11.8. The van der Waals surface area contributed by atoms with Crippen LogP contribution in [0.4, 0.5) is 37.7 Å². The van der Waals surface area contributed by atoms with Gasteiger partial charge in [-0.15, -0.1) is 26.3 Å². The van der Waals surface area contributed by atoms with Crippen LogP contribution in [0, 0.1) is 34.0 Å². The molecule has 3 aromatic rings. The summed E-state index contributed by atoms with van der Waals surface area (Å²) in [4.78, 5) is 0. The summed E-state index contributed by atoms with van der Waals surface area (Å²) in [6, 6.07) is 14.7. The van der Waals surface area contributed by atoms with E-state index < -0.39 is 29.8 Å². The molecule has 2 heterocycles. The average Bonchev–Trinajstić information content (AvgIpc) is 3.56. The Morgan fingerprint density at radius 1 is 0.651 bits per heavy atom. The van der Waals surface area contributed by atoms with Crippen molar-refractivity contribution >= 4 is 11.4 Å². The molecular weight excluding hydrogens is 584 g/mol. The third kappa shape index (κ3) is 5.62. The van der Waals surface area contributed by atoms with Gasteiger partial charge in [-0.2, -0.15) is 15.8 Å². The molecule has 0 unspecified atom stereocenters. The first kappa shape index (κ1) is 28.5. The molecule has 9 nitrogen and oxygen atoms in total. The van der Waals surface area contributed by atoms with E-state index in [9.17, 15) is 42.1 Å². The Bertz CT molecular complexity index is 1710. The van der Waals surface area contributed by atoms with Crippen LogP contribution < -0.4 is 29.6 Å². The molecule has 0 atom stereocenters. The Kier molecular flexibility index (Phi) is 6.92. The Labute approximate surface area is 238 Å². The third-order valence-electron chi connectivity index (χ3n) is 6.01. The van der Waals surface area contributed by atoms with Crippen molar-refractivity contribution in [3.05, 3.63) is 71.4 Å². The Hall–Kier alpha value is -6.01. The maximum atomic E-state index is 12.7. The quantitative estimate of drug-likeness (QED) is 0.233. The molecule has 0 aliphatic carbocycles. The van der Waals surface area contributed by atoms with Crippen LogP contribution in [0.2, 0.25) is 0 Å². The highest BCUT2D eigenvalue weighted by molar-refractivity contribution is 6.05. The van der Waals surface area contributed by atoms with E-state index in [4.69, 9.17) is 9.47 Å². The monoisotopic (exact) mass is 597 g/mol. The highest BCUT2D eigenvalue weighted by Crippen LogP contribution is 2.60. The van der Waals surface area contributed by atoms with Crippen LogP contribution in [0.15, 0.2) is 71.4 Å². The number of nitrogens with zero attached hydrogens (tertiary/aromatic N) is 3. The van der Waals surface area contributed by atoms with Crippen molar-refractivity contribution in [2.45, 2.75) is 19.6 Å². The van der Waals surface area contributed by atoms with Crippen LogP contribution in [0.1, 0.15) is 6.92 Å². The number of hydrogen-bond donors (Lipinski definition) is 2. The van der Waals surface area contributed by atoms with E-state index in [0.29, 0.717) is 0 Å².